The molecule has 6 heteroatoms. The molecule has 2 heterocycles. The van der Waals surface area contributed by atoms with Gasteiger partial charge in [-0.15, -0.1) is 0 Å². The normalized spacial score (nSPS) is 11.9. The van der Waals surface area contributed by atoms with Gasteiger partial charge in [0.15, 0.2) is 0 Å². The van der Waals surface area contributed by atoms with Crippen molar-refractivity contribution in [3.05, 3.63) is 52.4 Å². The lowest BCUT2D eigenvalue weighted by Crippen LogP contribution is -2.09. The Kier molecular flexibility index (Phi) is 4.11. The molecule has 2 rings (SSSR count). The molecular formula is C13H11BrN2O3. The second-order valence-corrected chi connectivity index (χ2v) is 4.77. The second-order valence-electron chi connectivity index (χ2n) is 3.85. The standard InChI is InChI=1S/C13H11BrN2O3/c1-8(9-2-4-15-5-3-9)19-12-11(13(17)18)6-10(14)7-16-12/h2-8H,1H3,(H,17,18). The van der Waals surface area contributed by atoms with Gasteiger partial charge in [0.25, 0.3) is 0 Å². The van der Waals surface area contributed by atoms with Gasteiger partial charge in [-0.3, -0.25) is 4.98 Å². The fraction of sp³-hybridized carbons (Fsp3) is 0.154. The Morgan fingerprint density at radius 1 is 1.42 bits per heavy atom. The predicted molar refractivity (Wildman–Crippen MR) is 72.2 cm³/mol. The average molecular weight is 323 g/mol. The van der Waals surface area contributed by atoms with Crippen molar-refractivity contribution < 1.29 is 14.6 Å². The van der Waals surface area contributed by atoms with Crippen LogP contribution in [0.3, 0.4) is 0 Å². The molecule has 0 saturated carbocycles. The minimum Gasteiger partial charge on any atom is -0.477 e. The Hall–Kier alpha value is -1.95. The number of carboxylic acids is 1. The maximum absolute atomic E-state index is 11.1. The molecule has 19 heavy (non-hydrogen) atoms. The van der Waals surface area contributed by atoms with Crippen LogP contribution >= 0.6 is 15.9 Å². The first-order valence-electron chi connectivity index (χ1n) is 5.53. The lowest BCUT2D eigenvalue weighted by Gasteiger charge is -2.15. The summed E-state index contributed by atoms with van der Waals surface area (Å²) in [6.07, 6.45) is 4.50. The van der Waals surface area contributed by atoms with E-state index in [0.29, 0.717) is 4.47 Å². The van der Waals surface area contributed by atoms with Gasteiger partial charge in [0.1, 0.15) is 11.7 Å². The topological polar surface area (TPSA) is 72.3 Å². The van der Waals surface area contributed by atoms with Crippen LogP contribution in [0.4, 0.5) is 0 Å². The van der Waals surface area contributed by atoms with E-state index in [1.165, 1.54) is 12.3 Å². The van der Waals surface area contributed by atoms with Crippen LogP contribution in [-0.2, 0) is 0 Å². The van der Waals surface area contributed by atoms with Crippen molar-refractivity contribution in [1.29, 1.82) is 0 Å². The van der Waals surface area contributed by atoms with Crippen molar-refractivity contribution in [3.63, 3.8) is 0 Å². The van der Waals surface area contributed by atoms with Crippen molar-refractivity contribution >= 4 is 21.9 Å². The molecule has 0 spiro atoms. The number of rotatable bonds is 4. The molecule has 0 amide bonds. The largest absolute Gasteiger partial charge is 0.477 e. The lowest BCUT2D eigenvalue weighted by molar-refractivity contribution is 0.0688. The fourth-order valence-corrected chi connectivity index (χ4v) is 1.88. The molecule has 1 N–H and O–H groups in total. The van der Waals surface area contributed by atoms with E-state index >= 15 is 0 Å². The van der Waals surface area contributed by atoms with Crippen molar-refractivity contribution in [1.82, 2.24) is 9.97 Å². The van der Waals surface area contributed by atoms with Crippen molar-refractivity contribution in [3.8, 4) is 5.88 Å². The molecule has 0 aliphatic heterocycles. The Balaban J connectivity index is 2.26. The molecule has 2 aromatic heterocycles. The second kappa shape index (κ2) is 5.79. The highest BCUT2D eigenvalue weighted by Gasteiger charge is 2.16. The number of hydrogen-bond acceptors (Lipinski definition) is 4. The summed E-state index contributed by atoms with van der Waals surface area (Å²) in [5, 5.41) is 9.12. The summed E-state index contributed by atoms with van der Waals surface area (Å²) in [5.41, 5.74) is 0.923. The molecule has 1 unspecified atom stereocenters. The number of halogens is 1. The average Bonchev–Trinajstić information content (AvgIpc) is 2.41. The summed E-state index contributed by atoms with van der Waals surface area (Å²) in [4.78, 5) is 19.1. The van der Waals surface area contributed by atoms with Gasteiger partial charge in [-0.05, 0) is 46.6 Å². The smallest absolute Gasteiger partial charge is 0.341 e. The summed E-state index contributed by atoms with van der Waals surface area (Å²) in [6.45, 7) is 1.82. The first kappa shape index (κ1) is 13.5. The third-order valence-corrected chi connectivity index (χ3v) is 2.95. The highest BCUT2D eigenvalue weighted by atomic mass is 79.9. The van der Waals surface area contributed by atoms with Crippen LogP contribution in [0.5, 0.6) is 5.88 Å². The highest BCUT2D eigenvalue weighted by molar-refractivity contribution is 9.10. The van der Waals surface area contributed by atoms with Gasteiger partial charge in [0.05, 0.1) is 0 Å². The van der Waals surface area contributed by atoms with Crippen LogP contribution in [-0.4, -0.2) is 21.0 Å². The molecule has 0 fully saturated rings. The van der Waals surface area contributed by atoms with E-state index in [1.807, 2.05) is 19.1 Å². The zero-order valence-corrected chi connectivity index (χ0v) is 11.7. The number of carboxylic acid groups (broad SMARTS) is 1. The first-order chi connectivity index (χ1) is 9.08. The Bertz CT molecular complexity index is 590. The van der Waals surface area contributed by atoms with Crippen LogP contribution in [0.2, 0.25) is 0 Å². The Labute approximate surface area is 118 Å². The van der Waals surface area contributed by atoms with Crippen LogP contribution in [0.25, 0.3) is 0 Å². The quantitative estimate of drug-likeness (QED) is 0.936. The first-order valence-corrected chi connectivity index (χ1v) is 6.32. The van der Waals surface area contributed by atoms with Crippen LogP contribution in [0, 0.1) is 0 Å². The predicted octanol–water partition coefficient (Wildman–Crippen LogP) is 3.08. The van der Waals surface area contributed by atoms with E-state index in [1.54, 1.807) is 12.4 Å². The van der Waals surface area contributed by atoms with Crippen LogP contribution < -0.4 is 4.74 Å². The van der Waals surface area contributed by atoms with Gasteiger partial charge in [-0.25, -0.2) is 9.78 Å². The number of hydrogen-bond donors (Lipinski definition) is 1. The number of nitrogens with zero attached hydrogens (tertiary/aromatic N) is 2. The Morgan fingerprint density at radius 3 is 2.74 bits per heavy atom. The SMILES string of the molecule is CC(Oc1ncc(Br)cc1C(=O)O)c1ccncc1. The van der Waals surface area contributed by atoms with Gasteiger partial charge in [-0.2, -0.15) is 0 Å². The zero-order chi connectivity index (χ0) is 13.8. The van der Waals surface area contributed by atoms with Crippen molar-refractivity contribution in [2.45, 2.75) is 13.0 Å². The molecule has 0 bridgehead atoms. The van der Waals surface area contributed by atoms with Gasteiger partial charge in [0.2, 0.25) is 5.88 Å². The van der Waals surface area contributed by atoms with Crippen LogP contribution in [0.1, 0.15) is 28.9 Å². The van der Waals surface area contributed by atoms with E-state index in [0.717, 1.165) is 5.56 Å². The van der Waals surface area contributed by atoms with Gasteiger partial charge in [0, 0.05) is 23.1 Å². The van der Waals surface area contributed by atoms with Crippen molar-refractivity contribution in [2.24, 2.45) is 0 Å². The third kappa shape index (κ3) is 3.29. The van der Waals surface area contributed by atoms with Crippen LogP contribution in [0.15, 0.2) is 41.3 Å². The molecule has 0 aliphatic carbocycles. The van der Waals surface area contributed by atoms with Gasteiger partial charge < -0.3 is 9.84 Å². The third-order valence-electron chi connectivity index (χ3n) is 2.51. The Morgan fingerprint density at radius 2 is 2.11 bits per heavy atom. The molecule has 0 radical (unpaired) electrons. The van der Waals surface area contributed by atoms with E-state index in [4.69, 9.17) is 9.84 Å². The molecule has 2 aromatic rings. The number of carbonyl (C=O) groups is 1. The summed E-state index contributed by atoms with van der Waals surface area (Å²) in [7, 11) is 0. The van der Waals surface area contributed by atoms with E-state index < -0.39 is 5.97 Å². The summed E-state index contributed by atoms with van der Waals surface area (Å²) in [6, 6.07) is 5.08. The molecule has 0 aromatic carbocycles. The molecular weight excluding hydrogens is 312 g/mol. The number of aromatic nitrogens is 2. The maximum Gasteiger partial charge on any atom is 0.341 e. The fourth-order valence-electron chi connectivity index (χ4n) is 1.54. The summed E-state index contributed by atoms with van der Waals surface area (Å²) >= 11 is 3.19. The van der Waals surface area contributed by atoms with E-state index in [2.05, 4.69) is 25.9 Å². The monoisotopic (exact) mass is 322 g/mol. The minimum absolute atomic E-state index is 0.0234. The van der Waals surface area contributed by atoms with Gasteiger partial charge >= 0.3 is 5.97 Å². The van der Waals surface area contributed by atoms with Gasteiger partial charge in [-0.1, -0.05) is 0 Å². The molecule has 0 aliphatic rings. The maximum atomic E-state index is 11.1. The van der Waals surface area contributed by atoms with Crippen molar-refractivity contribution in [2.75, 3.05) is 0 Å². The molecule has 1 atom stereocenters. The summed E-state index contributed by atoms with van der Waals surface area (Å²) in [5.74, 6) is -0.981. The molecule has 5 nitrogen and oxygen atoms in total. The highest BCUT2D eigenvalue weighted by Crippen LogP contribution is 2.25. The summed E-state index contributed by atoms with van der Waals surface area (Å²) < 4.78 is 6.20. The van der Waals surface area contributed by atoms with E-state index in [9.17, 15) is 4.79 Å². The number of pyridine rings is 2. The molecule has 0 saturated heterocycles. The van der Waals surface area contributed by atoms with E-state index in [-0.39, 0.29) is 17.5 Å². The number of ether oxygens (including phenoxy) is 1. The number of aromatic carboxylic acids is 1. The zero-order valence-electron chi connectivity index (χ0n) is 10.1. The minimum atomic E-state index is -1.08. The lowest BCUT2D eigenvalue weighted by atomic mass is 10.2. The molecule has 98 valence electrons.